The third-order valence-electron chi connectivity index (χ3n) is 4.00. The standard InChI is InChI=1S/C20H19NO7S/c1-2-26-20(23)19-16(15-10-6-7-11-17(15)28-19)13-27-18(22)12-21-29(24,25)14-8-4-3-5-9-14/h3-11,21H,2,12-13H2,1H3. The first-order valence-electron chi connectivity index (χ1n) is 8.80. The van der Waals surface area contributed by atoms with Gasteiger partial charge < -0.3 is 13.9 Å². The fraction of sp³-hybridized carbons (Fsp3) is 0.200. The SMILES string of the molecule is CCOC(=O)c1oc2ccccc2c1COC(=O)CNS(=O)(=O)c1ccccc1. The maximum absolute atomic E-state index is 12.2. The van der Waals surface area contributed by atoms with E-state index in [0.29, 0.717) is 16.5 Å². The molecule has 1 N–H and O–H groups in total. The summed E-state index contributed by atoms with van der Waals surface area (Å²) in [6.07, 6.45) is 0. The zero-order chi connectivity index (χ0) is 20.9. The summed E-state index contributed by atoms with van der Waals surface area (Å²) in [5.74, 6) is -1.52. The molecule has 0 spiro atoms. The summed E-state index contributed by atoms with van der Waals surface area (Å²) in [5, 5.41) is 0.605. The molecule has 152 valence electrons. The second-order valence-corrected chi connectivity index (χ2v) is 7.69. The van der Waals surface area contributed by atoms with Gasteiger partial charge in [-0.1, -0.05) is 36.4 Å². The molecule has 0 unspecified atom stereocenters. The van der Waals surface area contributed by atoms with Crippen molar-refractivity contribution in [2.45, 2.75) is 18.4 Å². The topological polar surface area (TPSA) is 112 Å². The molecule has 0 radical (unpaired) electrons. The smallest absolute Gasteiger partial charge is 0.374 e. The number of carbonyl (C=O) groups excluding carboxylic acids is 2. The zero-order valence-electron chi connectivity index (χ0n) is 15.6. The predicted molar refractivity (Wildman–Crippen MR) is 104 cm³/mol. The van der Waals surface area contributed by atoms with Crippen molar-refractivity contribution in [3.8, 4) is 0 Å². The van der Waals surface area contributed by atoms with Crippen molar-refractivity contribution in [3.05, 3.63) is 65.9 Å². The molecule has 1 heterocycles. The summed E-state index contributed by atoms with van der Waals surface area (Å²) in [5.41, 5.74) is 0.810. The minimum atomic E-state index is -3.83. The molecule has 0 bridgehead atoms. The summed E-state index contributed by atoms with van der Waals surface area (Å²) >= 11 is 0. The van der Waals surface area contributed by atoms with Crippen LogP contribution in [0.1, 0.15) is 23.0 Å². The van der Waals surface area contributed by atoms with Gasteiger partial charge in [-0.15, -0.1) is 0 Å². The molecule has 2 aromatic carbocycles. The van der Waals surface area contributed by atoms with Crippen molar-refractivity contribution in [2.24, 2.45) is 0 Å². The van der Waals surface area contributed by atoms with Crippen LogP contribution in [0.5, 0.6) is 0 Å². The molecule has 0 atom stereocenters. The first-order chi connectivity index (χ1) is 13.9. The van der Waals surface area contributed by atoms with Crippen LogP contribution in [0.25, 0.3) is 11.0 Å². The molecule has 3 aromatic rings. The second-order valence-electron chi connectivity index (χ2n) is 5.92. The van der Waals surface area contributed by atoms with Gasteiger partial charge in [0.15, 0.2) is 0 Å². The highest BCUT2D eigenvalue weighted by molar-refractivity contribution is 7.89. The molecule has 29 heavy (non-hydrogen) atoms. The van der Waals surface area contributed by atoms with Crippen LogP contribution in [-0.2, 0) is 30.9 Å². The van der Waals surface area contributed by atoms with Crippen molar-refractivity contribution in [3.63, 3.8) is 0 Å². The van der Waals surface area contributed by atoms with E-state index in [0.717, 1.165) is 0 Å². The quantitative estimate of drug-likeness (QED) is 0.561. The lowest BCUT2D eigenvalue weighted by molar-refractivity contribution is -0.143. The third-order valence-corrected chi connectivity index (χ3v) is 5.41. The Morgan fingerprint density at radius 2 is 1.69 bits per heavy atom. The van der Waals surface area contributed by atoms with Gasteiger partial charge in [-0.25, -0.2) is 13.2 Å². The van der Waals surface area contributed by atoms with Crippen molar-refractivity contribution in [2.75, 3.05) is 13.2 Å². The lowest BCUT2D eigenvalue weighted by atomic mass is 10.1. The molecule has 9 heteroatoms. The number of furan rings is 1. The van der Waals surface area contributed by atoms with Crippen LogP contribution in [0.3, 0.4) is 0 Å². The van der Waals surface area contributed by atoms with Crippen molar-refractivity contribution < 1.29 is 31.9 Å². The number of rotatable bonds is 8. The number of nitrogens with one attached hydrogen (secondary N) is 1. The Kier molecular flexibility index (Phi) is 6.30. The Morgan fingerprint density at radius 3 is 2.41 bits per heavy atom. The molecule has 0 saturated heterocycles. The highest BCUT2D eigenvalue weighted by Gasteiger charge is 2.23. The molecule has 0 aliphatic rings. The minimum absolute atomic E-state index is 0.0400. The number of fused-ring (bicyclic) bond motifs is 1. The zero-order valence-corrected chi connectivity index (χ0v) is 16.4. The van der Waals surface area contributed by atoms with E-state index in [-0.39, 0.29) is 23.9 Å². The number of benzene rings is 2. The normalized spacial score (nSPS) is 11.3. The minimum Gasteiger partial charge on any atom is -0.460 e. The largest absolute Gasteiger partial charge is 0.460 e. The van der Waals surface area contributed by atoms with Gasteiger partial charge in [0.05, 0.1) is 17.1 Å². The first kappa shape index (κ1) is 20.6. The Labute approximate surface area is 167 Å². The van der Waals surface area contributed by atoms with Gasteiger partial charge in [0.25, 0.3) is 0 Å². The molecule has 1 aromatic heterocycles. The number of hydrogen-bond acceptors (Lipinski definition) is 7. The van der Waals surface area contributed by atoms with Crippen LogP contribution < -0.4 is 4.72 Å². The summed E-state index contributed by atoms with van der Waals surface area (Å²) in [6, 6.07) is 14.6. The highest BCUT2D eigenvalue weighted by Crippen LogP contribution is 2.27. The molecule has 0 aliphatic heterocycles. The molecule has 0 amide bonds. The van der Waals surface area contributed by atoms with Gasteiger partial charge in [-0.05, 0) is 25.1 Å². The van der Waals surface area contributed by atoms with Gasteiger partial charge in [0, 0.05) is 5.39 Å². The third kappa shape index (κ3) is 4.82. The van der Waals surface area contributed by atoms with E-state index in [1.54, 1.807) is 49.4 Å². The Balaban J connectivity index is 1.69. The van der Waals surface area contributed by atoms with Crippen LogP contribution in [0.4, 0.5) is 0 Å². The van der Waals surface area contributed by atoms with E-state index in [1.165, 1.54) is 12.1 Å². The van der Waals surface area contributed by atoms with Crippen LogP contribution in [-0.4, -0.2) is 33.5 Å². The Morgan fingerprint density at radius 1 is 1.00 bits per heavy atom. The van der Waals surface area contributed by atoms with E-state index in [4.69, 9.17) is 13.9 Å². The van der Waals surface area contributed by atoms with Crippen molar-refractivity contribution in [1.82, 2.24) is 4.72 Å². The van der Waals surface area contributed by atoms with Gasteiger partial charge in [-0.2, -0.15) is 4.72 Å². The summed E-state index contributed by atoms with van der Waals surface area (Å²) in [6.45, 7) is 1.01. The molecule has 0 aliphatic carbocycles. The van der Waals surface area contributed by atoms with Gasteiger partial charge in [-0.3, -0.25) is 4.79 Å². The molecule has 3 rings (SSSR count). The van der Waals surface area contributed by atoms with Crippen LogP contribution in [0.15, 0.2) is 63.9 Å². The number of sulfonamides is 1. The van der Waals surface area contributed by atoms with Gasteiger partial charge >= 0.3 is 11.9 Å². The average molecular weight is 417 g/mol. The molecule has 8 nitrogen and oxygen atoms in total. The fourth-order valence-corrected chi connectivity index (χ4v) is 3.63. The summed E-state index contributed by atoms with van der Waals surface area (Å²) < 4.78 is 42.2. The van der Waals surface area contributed by atoms with Crippen LogP contribution in [0.2, 0.25) is 0 Å². The number of carbonyl (C=O) groups is 2. The maximum Gasteiger partial charge on any atom is 0.374 e. The van der Waals surface area contributed by atoms with E-state index < -0.39 is 28.5 Å². The van der Waals surface area contributed by atoms with E-state index in [1.807, 2.05) is 0 Å². The summed E-state index contributed by atoms with van der Waals surface area (Å²) in [4.78, 5) is 24.2. The van der Waals surface area contributed by atoms with Crippen LogP contribution >= 0.6 is 0 Å². The maximum atomic E-state index is 12.2. The molecule has 0 saturated carbocycles. The Hall–Kier alpha value is -3.17. The summed E-state index contributed by atoms with van der Waals surface area (Å²) in [7, 11) is -3.83. The van der Waals surface area contributed by atoms with E-state index >= 15 is 0 Å². The first-order valence-corrected chi connectivity index (χ1v) is 10.3. The monoisotopic (exact) mass is 417 g/mol. The van der Waals surface area contributed by atoms with Crippen LogP contribution in [0, 0.1) is 0 Å². The molecular weight excluding hydrogens is 398 g/mol. The van der Waals surface area contributed by atoms with E-state index in [2.05, 4.69) is 4.72 Å². The van der Waals surface area contributed by atoms with E-state index in [9.17, 15) is 18.0 Å². The second kappa shape index (κ2) is 8.89. The van der Waals surface area contributed by atoms with Crippen molar-refractivity contribution >= 4 is 32.9 Å². The highest BCUT2D eigenvalue weighted by atomic mass is 32.2. The number of esters is 2. The predicted octanol–water partition coefficient (Wildman–Crippen LogP) is 2.63. The lowest BCUT2D eigenvalue weighted by Gasteiger charge is -2.08. The fourth-order valence-electron chi connectivity index (χ4n) is 2.64. The van der Waals surface area contributed by atoms with Crippen molar-refractivity contribution in [1.29, 1.82) is 0 Å². The lowest BCUT2D eigenvalue weighted by Crippen LogP contribution is -2.30. The number of hydrogen-bond donors (Lipinski definition) is 1. The Bertz CT molecular complexity index is 1120. The molecular formula is C20H19NO7S. The number of para-hydroxylation sites is 1. The molecule has 0 fully saturated rings. The van der Waals surface area contributed by atoms with Gasteiger partial charge in [0.1, 0.15) is 18.7 Å². The average Bonchev–Trinajstić information content (AvgIpc) is 3.10. The van der Waals surface area contributed by atoms with Gasteiger partial charge in [0.2, 0.25) is 15.8 Å². The number of ether oxygens (including phenoxy) is 2.